The lowest BCUT2D eigenvalue weighted by Gasteiger charge is -1.69. The highest BCUT2D eigenvalue weighted by atomic mass is 35.6. The maximum atomic E-state index is 7.00. The van der Waals surface area contributed by atoms with E-state index < -0.39 is 8.59 Å². The molecule has 0 aliphatic rings. The summed E-state index contributed by atoms with van der Waals surface area (Å²) in [5.41, 5.74) is 0. The minimum atomic E-state index is -0.750. The van der Waals surface area contributed by atoms with Crippen molar-refractivity contribution in [1.82, 2.24) is 0 Å². The van der Waals surface area contributed by atoms with Gasteiger partial charge in [0, 0.05) is 7.11 Å². The second kappa shape index (κ2) is 17.0. The summed E-state index contributed by atoms with van der Waals surface area (Å²) in [5, 5.41) is 7.00. The highest BCUT2D eigenvalue weighted by molar-refractivity contribution is 6.63. The maximum Gasteiger partial charge on any atom is 0.180 e. The quantitative estimate of drug-likeness (QED) is 0.667. The van der Waals surface area contributed by atoms with Gasteiger partial charge in [0.2, 0.25) is 0 Å². The van der Waals surface area contributed by atoms with Crippen molar-refractivity contribution in [3.63, 3.8) is 0 Å². The van der Waals surface area contributed by atoms with Gasteiger partial charge in [-0.05, 0) is 0 Å². The summed E-state index contributed by atoms with van der Waals surface area (Å²) in [7, 11) is 1.00. The lowest BCUT2D eigenvalue weighted by molar-refractivity contribution is 0.399. The lowest BCUT2D eigenvalue weighted by atomic mass is 11.8. The van der Waals surface area contributed by atoms with E-state index in [0.717, 1.165) is 7.11 Å². The van der Waals surface area contributed by atoms with E-state index in [9.17, 15) is 0 Å². The molecule has 0 amide bonds. The Morgan fingerprint density at radius 1 is 0.700 bits per heavy atom. The smallest absolute Gasteiger partial charge is 0.180 e. The highest BCUT2D eigenvalue weighted by Gasteiger charge is 1.79. The molecule has 1 N–H and O–H groups in total. The second-order valence-corrected chi connectivity index (χ2v) is 4.45. The molecule has 0 heterocycles. The third-order valence-corrected chi connectivity index (χ3v) is 0. The van der Waals surface area contributed by atoms with E-state index in [2.05, 4.69) is 0 Å². The largest absolute Gasteiger partial charge is 0.400 e. The van der Waals surface area contributed by atoms with E-state index in [-0.39, 0.29) is 0 Å². The van der Waals surface area contributed by atoms with Crippen LogP contribution in [0.1, 0.15) is 0 Å². The predicted octanol–water partition coefficient (Wildman–Crippen LogP) is 3.58. The van der Waals surface area contributed by atoms with Crippen molar-refractivity contribution >= 4 is 69.6 Å². The van der Waals surface area contributed by atoms with Gasteiger partial charge in [-0.3, -0.25) is 0 Å². The van der Waals surface area contributed by atoms with Gasteiger partial charge in [0.15, 0.2) is 8.59 Å². The molecule has 0 aromatic carbocycles. The minimum Gasteiger partial charge on any atom is -0.400 e. The number of aliphatic hydroxyl groups excluding tert-OH is 1. The van der Waals surface area contributed by atoms with Crippen molar-refractivity contribution in [1.29, 1.82) is 0 Å². The van der Waals surface area contributed by atoms with Crippen molar-refractivity contribution in [2.45, 2.75) is 8.59 Å². The lowest BCUT2D eigenvalue weighted by Crippen LogP contribution is -1.55. The number of halogens is 6. The van der Waals surface area contributed by atoms with E-state index in [0.29, 0.717) is 0 Å². The highest BCUT2D eigenvalue weighted by Crippen LogP contribution is 2.04. The molecule has 0 spiro atoms. The van der Waals surface area contributed by atoms with E-state index in [4.69, 9.17) is 74.7 Å². The molecule has 1 nitrogen and oxygen atoms in total. The Hall–Kier alpha value is 1.70. The van der Waals surface area contributed by atoms with Crippen LogP contribution in [0.15, 0.2) is 0 Å². The Bertz CT molecular complexity index is 28.5. The third kappa shape index (κ3) is 254. The average molecular weight is 271 g/mol. The molecule has 7 heteroatoms. The van der Waals surface area contributed by atoms with Crippen molar-refractivity contribution in [3.05, 3.63) is 0 Å². The van der Waals surface area contributed by atoms with Gasteiger partial charge in [-0.2, -0.15) is 0 Å². The molecule has 0 saturated carbocycles. The zero-order valence-electron chi connectivity index (χ0n) is 4.87. The van der Waals surface area contributed by atoms with Gasteiger partial charge in [0.05, 0.1) is 0 Å². The fourth-order valence-electron chi connectivity index (χ4n) is 0. The molecule has 0 aliphatic heterocycles. The summed E-state index contributed by atoms with van der Waals surface area (Å²) in [6.45, 7) is 0. The molecule has 0 aliphatic carbocycles. The minimum absolute atomic E-state index is 0.750. The summed E-state index contributed by atoms with van der Waals surface area (Å²) in [5.74, 6) is 0. The molecule has 0 unspecified atom stereocenters. The van der Waals surface area contributed by atoms with E-state index in [1.54, 1.807) is 0 Å². The fraction of sp³-hybridized carbons (Fsp3) is 1.00. The molecule has 0 fully saturated rings. The number of rotatable bonds is 0. The zero-order valence-corrected chi connectivity index (χ0v) is 9.41. The molecule has 66 valence electrons. The van der Waals surface area contributed by atoms with Crippen LogP contribution in [0, 0.1) is 0 Å². The van der Waals surface area contributed by atoms with E-state index in [1.807, 2.05) is 0 Å². The molecular weight excluding hydrogens is 265 g/mol. The normalized spacial score (nSPS) is 7.80. The van der Waals surface area contributed by atoms with Crippen LogP contribution < -0.4 is 0 Å². The van der Waals surface area contributed by atoms with Crippen LogP contribution in [-0.4, -0.2) is 20.8 Å². The number of hydrogen-bond acceptors (Lipinski definition) is 1. The molecule has 10 heavy (non-hydrogen) atoms. The average Bonchev–Trinajstić information content (AvgIpc) is 1.66. The summed E-state index contributed by atoms with van der Waals surface area (Å²) >= 11 is 28.8. The Morgan fingerprint density at radius 3 is 0.700 bits per heavy atom. The van der Waals surface area contributed by atoms with Crippen molar-refractivity contribution < 1.29 is 5.11 Å². The number of aliphatic hydroxyl groups is 1. The van der Waals surface area contributed by atoms with Crippen LogP contribution in [0.2, 0.25) is 0 Å². The zero-order chi connectivity index (χ0) is 9.15. The van der Waals surface area contributed by atoms with E-state index >= 15 is 0 Å². The molecule has 0 aromatic rings. The topological polar surface area (TPSA) is 20.2 Å². The molecule has 0 bridgehead atoms. The monoisotopic (exact) mass is 268 g/mol. The van der Waals surface area contributed by atoms with Crippen LogP contribution in [0.4, 0.5) is 0 Å². The van der Waals surface area contributed by atoms with Crippen molar-refractivity contribution in [2.75, 3.05) is 7.11 Å². The Kier molecular flexibility index (Phi) is 30.1. The molecule has 0 radical (unpaired) electrons. The first-order valence-corrected chi connectivity index (χ1v) is 4.38. The van der Waals surface area contributed by atoms with Crippen LogP contribution in [0.25, 0.3) is 0 Å². The van der Waals surface area contributed by atoms with Gasteiger partial charge >= 0.3 is 0 Å². The van der Waals surface area contributed by atoms with Gasteiger partial charge in [-0.15, -0.1) is 0 Å². The molecular formula is C3H6Cl6O. The van der Waals surface area contributed by atoms with E-state index in [1.165, 1.54) is 0 Å². The fourth-order valence-corrected chi connectivity index (χ4v) is 0. The predicted molar refractivity (Wildman–Crippen MR) is 50.8 cm³/mol. The molecule has 0 atom stereocenters. The Labute approximate surface area is 90.1 Å². The van der Waals surface area contributed by atoms with Gasteiger partial charge in [0.25, 0.3) is 0 Å². The van der Waals surface area contributed by atoms with Crippen LogP contribution in [0.5, 0.6) is 0 Å². The summed E-state index contributed by atoms with van der Waals surface area (Å²) in [6, 6.07) is 0. The third-order valence-electron chi connectivity index (χ3n) is 0. The number of hydrogen-bond donors (Lipinski definition) is 1. The SMILES string of the molecule is CO.ClC(Cl)Cl.ClC(Cl)Cl. The van der Waals surface area contributed by atoms with Crippen LogP contribution in [0.3, 0.4) is 0 Å². The Morgan fingerprint density at radius 2 is 0.700 bits per heavy atom. The van der Waals surface area contributed by atoms with Crippen LogP contribution in [-0.2, 0) is 0 Å². The van der Waals surface area contributed by atoms with Gasteiger partial charge < -0.3 is 5.11 Å². The van der Waals surface area contributed by atoms with Gasteiger partial charge in [-0.25, -0.2) is 0 Å². The standard InChI is InChI=1S/2CHCl3.CH4O/c2*2-1(3)4;1-2/h2*1H;2H,1H3. The Balaban J connectivity index is -0.0000000787. The summed E-state index contributed by atoms with van der Waals surface area (Å²) < 4.78 is -1.50. The first-order valence-electron chi connectivity index (χ1n) is 1.76. The molecule has 0 aromatic heterocycles. The maximum absolute atomic E-state index is 7.00. The van der Waals surface area contributed by atoms with Gasteiger partial charge in [0.1, 0.15) is 0 Å². The molecule has 0 saturated heterocycles. The van der Waals surface area contributed by atoms with Crippen molar-refractivity contribution in [2.24, 2.45) is 0 Å². The summed E-state index contributed by atoms with van der Waals surface area (Å²) in [4.78, 5) is 0. The van der Waals surface area contributed by atoms with Gasteiger partial charge in [-0.1, -0.05) is 69.6 Å². The van der Waals surface area contributed by atoms with Crippen LogP contribution >= 0.6 is 69.6 Å². The summed E-state index contributed by atoms with van der Waals surface area (Å²) in [6.07, 6.45) is 0. The second-order valence-electron chi connectivity index (χ2n) is 0.495. The first-order chi connectivity index (χ1) is 4.46. The molecule has 0 rings (SSSR count). The van der Waals surface area contributed by atoms with Crippen molar-refractivity contribution in [3.8, 4) is 0 Å². The number of alkyl halides is 6. The first kappa shape index (κ1) is 17.7.